The Balaban J connectivity index is 2.61. The molecule has 0 unspecified atom stereocenters. The zero-order valence-corrected chi connectivity index (χ0v) is 9.03. The molecule has 0 fully saturated rings. The maximum Gasteiger partial charge on any atom is 0.0455 e. The van der Waals surface area contributed by atoms with E-state index < -0.39 is 0 Å². The van der Waals surface area contributed by atoms with E-state index in [1.165, 1.54) is 15.6 Å². The summed E-state index contributed by atoms with van der Waals surface area (Å²) in [6.07, 6.45) is 0. The third kappa shape index (κ3) is 1.61. The van der Waals surface area contributed by atoms with Gasteiger partial charge in [0.15, 0.2) is 0 Å². The molecule has 67 valence electrons. The first kappa shape index (κ1) is 8.76. The fourth-order valence-corrected chi connectivity index (χ4v) is 2.11. The smallest absolute Gasteiger partial charge is 0.0455 e. The number of thiophene rings is 1. The summed E-state index contributed by atoms with van der Waals surface area (Å²) in [4.78, 5) is 0. The molecule has 0 aliphatic carbocycles. The molecule has 0 spiro atoms. The average molecular weight is 189 g/mol. The van der Waals surface area contributed by atoms with Crippen molar-refractivity contribution in [2.24, 2.45) is 0 Å². The summed E-state index contributed by atoms with van der Waals surface area (Å²) in [5, 5.41) is 4.46. The van der Waals surface area contributed by atoms with Gasteiger partial charge in [-0.3, -0.25) is 0 Å². The van der Waals surface area contributed by atoms with Gasteiger partial charge in [-0.1, -0.05) is 32.9 Å². The van der Waals surface area contributed by atoms with Crippen molar-refractivity contribution in [1.29, 1.82) is 0 Å². The topological polar surface area (TPSA) is 0 Å². The fraction of sp³-hybridized carbons (Fsp3) is 0.333. The van der Waals surface area contributed by atoms with Gasteiger partial charge in [0, 0.05) is 10.1 Å². The van der Waals surface area contributed by atoms with E-state index in [0.29, 0.717) is 0 Å². The lowest BCUT2D eigenvalue weighted by Crippen LogP contribution is -2.10. The van der Waals surface area contributed by atoms with Gasteiger partial charge >= 0.3 is 0 Å². The second kappa shape index (κ2) is 2.85. The van der Waals surface area contributed by atoms with Gasteiger partial charge < -0.3 is 0 Å². The lowest BCUT2D eigenvalue weighted by molar-refractivity contribution is 0.591. The molecule has 2 rings (SSSR count). The minimum atomic E-state index is 0.248. The van der Waals surface area contributed by atoms with E-state index in [9.17, 15) is 0 Å². The molecule has 0 aliphatic rings. The van der Waals surface area contributed by atoms with Gasteiger partial charge in [0.2, 0.25) is 0 Å². The molecule has 0 saturated carbocycles. The molecule has 0 amide bonds. The minimum Gasteiger partial charge on any atom is -0.134 e. The van der Waals surface area contributed by atoms with E-state index >= 15 is 0 Å². The van der Waals surface area contributed by atoms with Crippen LogP contribution < -0.4 is 0 Å². The summed E-state index contributed by atoms with van der Waals surface area (Å²) in [7, 11) is 0. The Kier molecular flexibility index (Phi) is 1.92. The molecule has 0 bridgehead atoms. The van der Waals surface area contributed by atoms with Gasteiger partial charge in [0.25, 0.3) is 0 Å². The summed E-state index contributed by atoms with van der Waals surface area (Å²) < 4.78 is 1.34. The van der Waals surface area contributed by atoms with Gasteiger partial charge in [0.1, 0.15) is 0 Å². The van der Waals surface area contributed by atoms with Gasteiger partial charge in [-0.2, -0.15) is 0 Å². The van der Waals surface area contributed by atoms with Crippen molar-refractivity contribution in [2.75, 3.05) is 0 Å². The Bertz CT molecular complexity index is 418. The minimum absolute atomic E-state index is 0.248. The van der Waals surface area contributed by atoms with Crippen LogP contribution in [0.25, 0.3) is 10.1 Å². The Labute approximate surface area is 83.2 Å². The van der Waals surface area contributed by atoms with Crippen molar-refractivity contribution < 1.29 is 0 Å². The summed E-state index contributed by atoms with van der Waals surface area (Å²) in [6.45, 7) is 6.72. The molecule has 1 heteroatoms. The van der Waals surface area contributed by atoms with E-state index in [4.69, 9.17) is 0 Å². The van der Waals surface area contributed by atoms with Crippen LogP contribution in [0.3, 0.4) is 0 Å². The Morgan fingerprint density at radius 2 is 2.00 bits per heavy atom. The third-order valence-corrected chi connectivity index (χ3v) is 3.07. The van der Waals surface area contributed by atoms with E-state index in [2.05, 4.69) is 44.4 Å². The van der Waals surface area contributed by atoms with Gasteiger partial charge in [-0.25, -0.2) is 0 Å². The second-order valence-electron chi connectivity index (χ2n) is 4.37. The molecule has 2 aromatic rings. The fourth-order valence-electron chi connectivity index (χ4n) is 1.36. The maximum atomic E-state index is 3.16. The lowest BCUT2D eigenvalue weighted by Gasteiger charge is -2.18. The normalized spacial score (nSPS) is 12.2. The lowest BCUT2D eigenvalue weighted by atomic mass is 9.87. The first-order valence-corrected chi connectivity index (χ1v) is 5.29. The molecule has 0 saturated heterocycles. The Morgan fingerprint density at radius 1 is 1.23 bits per heavy atom. The molecular formula is C12H13S. The van der Waals surface area contributed by atoms with Crippen LogP contribution in [-0.2, 0) is 5.41 Å². The first-order valence-electron chi connectivity index (χ1n) is 4.47. The monoisotopic (exact) mass is 189 g/mol. The zero-order valence-electron chi connectivity index (χ0n) is 8.22. The highest BCUT2D eigenvalue weighted by Crippen LogP contribution is 2.28. The molecule has 0 nitrogen and oxygen atoms in total. The van der Waals surface area contributed by atoms with Crippen LogP contribution in [0.15, 0.2) is 24.3 Å². The number of hydrogen-bond acceptors (Lipinski definition) is 1. The predicted molar refractivity (Wildman–Crippen MR) is 59.4 cm³/mol. The van der Waals surface area contributed by atoms with Crippen LogP contribution in [0, 0.1) is 5.38 Å². The summed E-state index contributed by atoms with van der Waals surface area (Å²) in [6, 6.07) is 8.72. The van der Waals surface area contributed by atoms with Gasteiger partial charge in [0.05, 0.1) is 0 Å². The summed E-state index contributed by atoms with van der Waals surface area (Å²) >= 11 is 1.69. The van der Waals surface area contributed by atoms with E-state index in [-0.39, 0.29) is 5.41 Å². The van der Waals surface area contributed by atoms with Gasteiger partial charge in [-0.05, 0) is 28.5 Å². The highest BCUT2D eigenvalue weighted by molar-refractivity contribution is 7.16. The van der Waals surface area contributed by atoms with Crippen LogP contribution in [0.2, 0.25) is 0 Å². The van der Waals surface area contributed by atoms with Crippen molar-refractivity contribution in [1.82, 2.24) is 0 Å². The molecule has 1 heterocycles. The largest absolute Gasteiger partial charge is 0.134 e. The van der Waals surface area contributed by atoms with Crippen LogP contribution in [-0.4, -0.2) is 0 Å². The van der Waals surface area contributed by atoms with Crippen LogP contribution in [0.4, 0.5) is 0 Å². The Morgan fingerprint density at radius 3 is 2.69 bits per heavy atom. The van der Waals surface area contributed by atoms with Crippen molar-refractivity contribution in [3.05, 3.63) is 35.2 Å². The van der Waals surface area contributed by atoms with Crippen LogP contribution in [0.5, 0.6) is 0 Å². The Hall–Kier alpha value is -0.820. The number of fused-ring (bicyclic) bond motifs is 1. The maximum absolute atomic E-state index is 3.16. The first-order chi connectivity index (χ1) is 6.07. The van der Waals surface area contributed by atoms with Crippen LogP contribution in [0.1, 0.15) is 26.3 Å². The van der Waals surface area contributed by atoms with Crippen LogP contribution >= 0.6 is 11.3 Å². The predicted octanol–water partition coefficient (Wildman–Crippen LogP) is 4.00. The standard InChI is InChI=1S/C12H13S/c1-12(2,3)10-5-4-9-6-7-13-11(9)8-10/h4-6,8H,1-3H3. The second-order valence-corrected chi connectivity index (χ2v) is 5.25. The molecule has 0 aliphatic heterocycles. The molecule has 0 atom stereocenters. The molecule has 13 heavy (non-hydrogen) atoms. The highest BCUT2D eigenvalue weighted by atomic mass is 32.1. The van der Waals surface area contributed by atoms with Crippen molar-refractivity contribution >= 4 is 21.4 Å². The third-order valence-electron chi connectivity index (χ3n) is 2.26. The molecular weight excluding hydrogens is 176 g/mol. The number of rotatable bonds is 0. The average Bonchev–Trinajstić information content (AvgIpc) is 2.47. The summed E-state index contributed by atoms with van der Waals surface area (Å²) in [5.74, 6) is 0. The van der Waals surface area contributed by atoms with Crippen molar-refractivity contribution in [3.63, 3.8) is 0 Å². The SMILES string of the molecule is CC(C)(C)c1ccc2c[c]sc2c1. The highest BCUT2D eigenvalue weighted by Gasteiger charge is 2.13. The molecule has 1 aromatic heterocycles. The van der Waals surface area contributed by atoms with E-state index in [1.54, 1.807) is 11.3 Å². The summed E-state index contributed by atoms with van der Waals surface area (Å²) in [5.41, 5.74) is 1.65. The van der Waals surface area contributed by atoms with Gasteiger partial charge in [-0.15, -0.1) is 11.3 Å². The van der Waals surface area contributed by atoms with Crippen molar-refractivity contribution in [3.8, 4) is 0 Å². The van der Waals surface area contributed by atoms with Crippen molar-refractivity contribution in [2.45, 2.75) is 26.2 Å². The molecule has 0 N–H and O–H groups in total. The molecule has 1 aromatic carbocycles. The van der Waals surface area contributed by atoms with E-state index in [0.717, 1.165) is 0 Å². The quantitative estimate of drug-likeness (QED) is 0.587. The molecule has 1 radical (unpaired) electrons. The number of hydrogen-bond donors (Lipinski definition) is 0. The zero-order chi connectivity index (χ0) is 9.47. The number of benzene rings is 1. The van der Waals surface area contributed by atoms with E-state index in [1.807, 2.05) is 6.07 Å².